The van der Waals surface area contributed by atoms with Gasteiger partial charge in [0.1, 0.15) is 12.4 Å². The number of aliphatic carboxylic acids is 1. The third-order valence-electron chi connectivity index (χ3n) is 2.31. The molecule has 0 heterocycles. The molecule has 6 heteroatoms. The quantitative estimate of drug-likeness (QED) is 0.861. The summed E-state index contributed by atoms with van der Waals surface area (Å²) in [4.78, 5) is 23.8. The van der Waals surface area contributed by atoms with Crippen LogP contribution in [0.3, 0.4) is 0 Å². The Morgan fingerprint density at radius 2 is 2.00 bits per heavy atom. The average Bonchev–Trinajstić information content (AvgIpc) is 2.30. The summed E-state index contributed by atoms with van der Waals surface area (Å²) >= 11 is 0. The summed E-state index contributed by atoms with van der Waals surface area (Å²) in [6.07, 6.45) is 0. The van der Waals surface area contributed by atoms with Crippen LogP contribution in [0.1, 0.15) is 13.8 Å². The van der Waals surface area contributed by atoms with Gasteiger partial charge >= 0.3 is 12.0 Å². The van der Waals surface area contributed by atoms with Crippen molar-refractivity contribution in [3.05, 3.63) is 30.1 Å². The Labute approximate surface area is 111 Å². The minimum atomic E-state index is -1.11. The highest BCUT2D eigenvalue weighted by molar-refractivity contribution is 5.91. The Morgan fingerprint density at radius 3 is 2.53 bits per heavy atom. The number of nitrogens with one attached hydrogen (secondary N) is 1. The molecule has 0 saturated carbocycles. The van der Waals surface area contributed by atoms with E-state index < -0.39 is 24.4 Å². The molecule has 104 valence electrons. The molecule has 0 aliphatic carbocycles. The van der Waals surface area contributed by atoms with Gasteiger partial charge < -0.3 is 15.3 Å². The Hall–Kier alpha value is -2.11. The van der Waals surface area contributed by atoms with Gasteiger partial charge in [-0.15, -0.1) is 0 Å². The van der Waals surface area contributed by atoms with E-state index in [1.165, 1.54) is 18.2 Å². The minimum absolute atomic E-state index is 0.0339. The number of carboxylic acids is 1. The van der Waals surface area contributed by atoms with Crippen molar-refractivity contribution < 1.29 is 19.1 Å². The molecule has 2 amide bonds. The zero-order valence-electron chi connectivity index (χ0n) is 10.9. The van der Waals surface area contributed by atoms with E-state index in [-0.39, 0.29) is 18.2 Å². The number of para-hydroxylation sites is 1. The second-order valence-corrected chi connectivity index (χ2v) is 4.58. The molecule has 0 aliphatic rings. The number of amides is 2. The summed E-state index contributed by atoms with van der Waals surface area (Å²) in [5, 5.41) is 11.1. The summed E-state index contributed by atoms with van der Waals surface area (Å²) in [5.74, 6) is -1.55. The SMILES string of the molecule is CC(C)CN(CC(=O)O)C(=O)Nc1ccccc1F. The minimum Gasteiger partial charge on any atom is -0.480 e. The first kappa shape index (κ1) is 14.9. The number of anilines is 1. The van der Waals surface area contributed by atoms with Gasteiger partial charge in [0.25, 0.3) is 0 Å². The number of urea groups is 1. The topological polar surface area (TPSA) is 69.6 Å². The van der Waals surface area contributed by atoms with Crippen LogP contribution < -0.4 is 5.32 Å². The van der Waals surface area contributed by atoms with Gasteiger partial charge in [-0.25, -0.2) is 9.18 Å². The van der Waals surface area contributed by atoms with Gasteiger partial charge in [0.05, 0.1) is 5.69 Å². The van der Waals surface area contributed by atoms with Gasteiger partial charge in [-0.1, -0.05) is 26.0 Å². The van der Waals surface area contributed by atoms with Crippen molar-refractivity contribution in [2.24, 2.45) is 5.92 Å². The van der Waals surface area contributed by atoms with E-state index in [4.69, 9.17) is 5.11 Å². The number of carbonyl (C=O) groups is 2. The van der Waals surface area contributed by atoms with Gasteiger partial charge in [0.2, 0.25) is 0 Å². The van der Waals surface area contributed by atoms with Crippen LogP contribution in [0.4, 0.5) is 14.9 Å². The lowest BCUT2D eigenvalue weighted by molar-refractivity contribution is -0.137. The Bertz CT molecular complexity index is 463. The van der Waals surface area contributed by atoms with Crippen molar-refractivity contribution in [1.82, 2.24) is 4.90 Å². The lowest BCUT2D eigenvalue weighted by atomic mass is 10.2. The predicted octanol–water partition coefficient (Wildman–Crippen LogP) is 2.40. The van der Waals surface area contributed by atoms with Crippen LogP contribution in [0.2, 0.25) is 0 Å². The molecule has 5 nitrogen and oxygen atoms in total. The van der Waals surface area contributed by atoms with Gasteiger partial charge in [-0.05, 0) is 18.1 Å². The summed E-state index contributed by atoms with van der Waals surface area (Å²) in [6.45, 7) is 3.60. The number of nitrogens with zero attached hydrogens (tertiary/aromatic N) is 1. The smallest absolute Gasteiger partial charge is 0.323 e. The number of hydrogen-bond donors (Lipinski definition) is 2. The predicted molar refractivity (Wildman–Crippen MR) is 69.5 cm³/mol. The molecule has 0 atom stereocenters. The molecular formula is C13H17FN2O3. The third-order valence-corrected chi connectivity index (χ3v) is 2.31. The molecule has 19 heavy (non-hydrogen) atoms. The normalized spacial score (nSPS) is 10.3. The molecule has 1 rings (SSSR count). The molecule has 0 bridgehead atoms. The number of hydrogen-bond acceptors (Lipinski definition) is 2. The summed E-state index contributed by atoms with van der Waals surface area (Å²) in [6, 6.07) is 5.11. The molecule has 0 aliphatic heterocycles. The first-order chi connectivity index (χ1) is 8.90. The fourth-order valence-corrected chi connectivity index (χ4v) is 1.58. The maximum Gasteiger partial charge on any atom is 0.323 e. The molecule has 0 saturated heterocycles. The molecule has 0 aromatic heterocycles. The zero-order valence-corrected chi connectivity index (χ0v) is 10.9. The maximum atomic E-state index is 13.4. The van der Waals surface area contributed by atoms with Crippen LogP contribution >= 0.6 is 0 Å². The highest BCUT2D eigenvalue weighted by Crippen LogP contribution is 2.13. The first-order valence-electron chi connectivity index (χ1n) is 5.92. The second-order valence-electron chi connectivity index (χ2n) is 4.58. The Kier molecular flexibility index (Phi) is 5.29. The number of halogens is 1. The molecule has 0 unspecified atom stereocenters. The number of carbonyl (C=O) groups excluding carboxylic acids is 1. The highest BCUT2D eigenvalue weighted by atomic mass is 19.1. The molecule has 1 aromatic carbocycles. The van der Waals surface area contributed by atoms with Crippen LogP contribution in [0.25, 0.3) is 0 Å². The first-order valence-corrected chi connectivity index (χ1v) is 5.92. The van der Waals surface area contributed by atoms with Crippen molar-refractivity contribution in [2.75, 3.05) is 18.4 Å². The van der Waals surface area contributed by atoms with E-state index in [0.717, 1.165) is 4.90 Å². The van der Waals surface area contributed by atoms with Crippen molar-refractivity contribution in [2.45, 2.75) is 13.8 Å². The van der Waals surface area contributed by atoms with Crippen molar-refractivity contribution in [3.63, 3.8) is 0 Å². The van der Waals surface area contributed by atoms with E-state index in [1.807, 2.05) is 13.8 Å². The maximum absolute atomic E-state index is 13.4. The Balaban J connectivity index is 2.76. The van der Waals surface area contributed by atoms with Crippen LogP contribution in [0, 0.1) is 11.7 Å². The Morgan fingerprint density at radius 1 is 1.37 bits per heavy atom. The fraction of sp³-hybridized carbons (Fsp3) is 0.385. The summed E-state index contributed by atoms with van der Waals surface area (Å²) < 4.78 is 13.4. The summed E-state index contributed by atoms with van der Waals surface area (Å²) in [5.41, 5.74) is 0.0339. The lowest BCUT2D eigenvalue weighted by Crippen LogP contribution is -2.41. The largest absolute Gasteiger partial charge is 0.480 e. The molecule has 0 fully saturated rings. The van der Waals surface area contributed by atoms with Crippen LogP contribution in [0.5, 0.6) is 0 Å². The van der Waals surface area contributed by atoms with Gasteiger partial charge in [0.15, 0.2) is 0 Å². The summed E-state index contributed by atoms with van der Waals surface area (Å²) in [7, 11) is 0. The van der Waals surface area contributed by atoms with Crippen molar-refractivity contribution in [1.29, 1.82) is 0 Å². The second kappa shape index (κ2) is 6.72. The van der Waals surface area contributed by atoms with E-state index in [2.05, 4.69) is 5.32 Å². The highest BCUT2D eigenvalue weighted by Gasteiger charge is 2.18. The monoisotopic (exact) mass is 268 g/mol. The van der Waals surface area contributed by atoms with E-state index in [9.17, 15) is 14.0 Å². The number of carboxylic acid groups (broad SMARTS) is 1. The molecular weight excluding hydrogens is 251 g/mol. The van der Waals surface area contributed by atoms with Crippen LogP contribution in [-0.2, 0) is 4.79 Å². The molecule has 1 aromatic rings. The van der Waals surface area contributed by atoms with E-state index >= 15 is 0 Å². The van der Waals surface area contributed by atoms with Crippen molar-refractivity contribution in [3.8, 4) is 0 Å². The van der Waals surface area contributed by atoms with Crippen molar-refractivity contribution >= 4 is 17.7 Å². The standard InChI is InChI=1S/C13H17FN2O3/c1-9(2)7-16(8-12(17)18)13(19)15-11-6-4-3-5-10(11)14/h3-6,9H,7-8H2,1-2H3,(H,15,19)(H,17,18). The van der Waals surface area contributed by atoms with Gasteiger partial charge in [-0.3, -0.25) is 4.79 Å². The zero-order chi connectivity index (χ0) is 14.4. The number of rotatable bonds is 5. The third kappa shape index (κ3) is 4.95. The van der Waals surface area contributed by atoms with E-state index in [0.29, 0.717) is 0 Å². The fourth-order valence-electron chi connectivity index (χ4n) is 1.58. The molecule has 0 spiro atoms. The average molecular weight is 268 g/mol. The molecule has 0 radical (unpaired) electrons. The van der Waals surface area contributed by atoms with Crippen LogP contribution in [-0.4, -0.2) is 35.1 Å². The number of benzene rings is 1. The van der Waals surface area contributed by atoms with Crippen LogP contribution in [0.15, 0.2) is 24.3 Å². The van der Waals surface area contributed by atoms with Gasteiger partial charge in [-0.2, -0.15) is 0 Å². The lowest BCUT2D eigenvalue weighted by Gasteiger charge is -2.23. The molecule has 2 N–H and O–H groups in total. The van der Waals surface area contributed by atoms with E-state index in [1.54, 1.807) is 6.07 Å². The van der Waals surface area contributed by atoms with Gasteiger partial charge in [0, 0.05) is 6.54 Å².